The molecule has 0 amide bonds. The van der Waals surface area contributed by atoms with E-state index in [4.69, 9.17) is 20.9 Å². The van der Waals surface area contributed by atoms with Crippen molar-refractivity contribution >= 4 is 23.4 Å². The quantitative estimate of drug-likeness (QED) is 0.246. The lowest BCUT2D eigenvalue weighted by atomic mass is 10.0. The Morgan fingerprint density at radius 1 is 0.933 bits per heavy atom. The fraction of sp³-hybridized carbons (Fsp3) is 0.160. The van der Waals surface area contributed by atoms with E-state index in [1.807, 2.05) is 54.6 Å². The fourth-order valence-corrected chi connectivity index (χ4v) is 3.06. The Labute approximate surface area is 176 Å². The summed E-state index contributed by atoms with van der Waals surface area (Å²) in [5.74, 6) is 0.461. The smallest absolute Gasteiger partial charge is 0.330 e. The second-order valence-electron chi connectivity index (χ2n) is 6.91. The van der Waals surface area contributed by atoms with Gasteiger partial charge in [-0.3, -0.25) is 0 Å². The molecule has 0 heterocycles. The Morgan fingerprint density at radius 3 is 2.27 bits per heavy atom. The number of aryl methyl sites for hydroxylation is 1. The number of carbonyl (C=O) groups is 1. The van der Waals surface area contributed by atoms with Gasteiger partial charge in [0.2, 0.25) is 0 Å². The van der Waals surface area contributed by atoms with Crippen LogP contribution in [0, 0.1) is 0 Å². The first-order chi connectivity index (χ1) is 14.5. The summed E-state index contributed by atoms with van der Waals surface area (Å²) >= 11 is 0. The van der Waals surface area contributed by atoms with Crippen molar-refractivity contribution in [1.29, 1.82) is 0 Å². The van der Waals surface area contributed by atoms with Gasteiger partial charge in [0, 0.05) is 17.5 Å². The van der Waals surface area contributed by atoms with Gasteiger partial charge < -0.3 is 20.9 Å². The number of carbonyl (C=O) groups excluding carboxylic acids is 1. The second kappa shape index (κ2) is 10.2. The molecule has 0 aliphatic rings. The second-order valence-corrected chi connectivity index (χ2v) is 6.91. The minimum absolute atomic E-state index is 0.327. The summed E-state index contributed by atoms with van der Waals surface area (Å²) in [7, 11) is 1.65. The molecule has 5 nitrogen and oxygen atoms in total. The molecule has 0 spiro atoms. The largest absolute Gasteiger partial charge is 0.497 e. The highest BCUT2D eigenvalue weighted by Crippen LogP contribution is 2.23. The van der Waals surface area contributed by atoms with Crippen LogP contribution in [0.1, 0.15) is 17.5 Å². The van der Waals surface area contributed by atoms with Crippen molar-refractivity contribution in [2.75, 3.05) is 25.2 Å². The number of nitrogens with two attached hydrogens (primary N) is 2. The van der Waals surface area contributed by atoms with E-state index >= 15 is 0 Å². The molecule has 0 bridgehead atoms. The predicted molar refractivity (Wildman–Crippen MR) is 122 cm³/mol. The van der Waals surface area contributed by atoms with E-state index in [-0.39, 0.29) is 5.97 Å². The zero-order valence-corrected chi connectivity index (χ0v) is 17.0. The molecule has 30 heavy (non-hydrogen) atoms. The predicted octanol–water partition coefficient (Wildman–Crippen LogP) is 4.72. The van der Waals surface area contributed by atoms with E-state index in [1.165, 1.54) is 6.08 Å². The molecular weight excluding hydrogens is 376 g/mol. The molecule has 0 atom stereocenters. The molecule has 0 aromatic heterocycles. The standard InChI is InChI=1S/C25H26N2O3/c1-29-23-12-9-20(10-13-23)19-7-4-18(5-8-19)6-15-25(28)30-16-2-3-21-17-22(26)11-14-24(21)27/h4-15,17H,2-3,16,26-27H2,1H3/b15-6+. The molecule has 0 saturated carbocycles. The number of anilines is 2. The van der Waals surface area contributed by atoms with Crippen LogP contribution in [0.2, 0.25) is 0 Å². The van der Waals surface area contributed by atoms with E-state index in [0.29, 0.717) is 30.8 Å². The Balaban J connectivity index is 1.46. The fourth-order valence-electron chi connectivity index (χ4n) is 3.06. The highest BCUT2D eigenvalue weighted by Gasteiger charge is 2.03. The van der Waals surface area contributed by atoms with Crippen LogP contribution in [0.15, 0.2) is 72.8 Å². The average molecular weight is 402 g/mol. The number of ether oxygens (including phenoxy) is 2. The minimum atomic E-state index is -0.366. The van der Waals surface area contributed by atoms with Crippen LogP contribution in [0.3, 0.4) is 0 Å². The van der Waals surface area contributed by atoms with Crippen LogP contribution >= 0.6 is 0 Å². The van der Waals surface area contributed by atoms with Gasteiger partial charge in [0.25, 0.3) is 0 Å². The van der Waals surface area contributed by atoms with Crippen LogP contribution in [-0.4, -0.2) is 19.7 Å². The zero-order valence-electron chi connectivity index (χ0n) is 17.0. The molecule has 0 unspecified atom stereocenters. The molecule has 0 saturated heterocycles. The zero-order chi connectivity index (χ0) is 21.3. The topological polar surface area (TPSA) is 87.6 Å². The van der Waals surface area contributed by atoms with Gasteiger partial charge in [-0.15, -0.1) is 0 Å². The third-order valence-corrected chi connectivity index (χ3v) is 4.75. The maximum Gasteiger partial charge on any atom is 0.330 e. The summed E-state index contributed by atoms with van der Waals surface area (Å²) in [6, 6.07) is 21.3. The first-order valence-electron chi connectivity index (χ1n) is 9.78. The number of hydrogen-bond donors (Lipinski definition) is 2. The molecule has 3 aromatic carbocycles. The van der Waals surface area contributed by atoms with Crippen LogP contribution in [0.4, 0.5) is 11.4 Å². The number of esters is 1. The molecule has 4 N–H and O–H groups in total. The SMILES string of the molecule is COc1ccc(-c2ccc(/C=C/C(=O)OCCCc3cc(N)ccc3N)cc2)cc1. The number of nitrogen functional groups attached to an aromatic ring is 2. The first-order valence-corrected chi connectivity index (χ1v) is 9.78. The van der Waals surface area contributed by atoms with Crippen molar-refractivity contribution in [2.45, 2.75) is 12.8 Å². The Kier molecular flexibility index (Phi) is 7.11. The van der Waals surface area contributed by atoms with Crippen molar-refractivity contribution in [3.8, 4) is 16.9 Å². The molecule has 0 radical (unpaired) electrons. The van der Waals surface area contributed by atoms with Gasteiger partial charge in [-0.25, -0.2) is 4.79 Å². The van der Waals surface area contributed by atoms with Gasteiger partial charge in [-0.05, 0) is 71.5 Å². The molecule has 3 aromatic rings. The summed E-state index contributed by atoms with van der Waals surface area (Å²) in [6.07, 6.45) is 4.58. The molecular formula is C25H26N2O3. The number of rotatable bonds is 8. The van der Waals surface area contributed by atoms with Crippen LogP contribution in [0.5, 0.6) is 5.75 Å². The van der Waals surface area contributed by atoms with E-state index < -0.39 is 0 Å². The first kappa shape index (κ1) is 21.0. The van der Waals surface area contributed by atoms with Gasteiger partial charge >= 0.3 is 5.97 Å². The van der Waals surface area contributed by atoms with Crippen molar-refractivity contribution in [3.05, 3.63) is 83.9 Å². The lowest BCUT2D eigenvalue weighted by Crippen LogP contribution is -2.04. The summed E-state index contributed by atoms with van der Waals surface area (Å²) in [5, 5.41) is 0. The summed E-state index contributed by atoms with van der Waals surface area (Å²) in [4.78, 5) is 11.9. The van der Waals surface area contributed by atoms with Crippen molar-refractivity contribution in [3.63, 3.8) is 0 Å². The maximum absolute atomic E-state index is 11.9. The van der Waals surface area contributed by atoms with E-state index in [1.54, 1.807) is 25.3 Å². The van der Waals surface area contributed by atoms with Crippen molar-refractivity contribution < 1.29 is 14.3 Å². The number of methoxy groups -OCH3 is 1. The van der Waals surface area contributed by atoms with Gasteiger partial charge in [0.15, 0.2) is 0 Å². The molecule has 0 aliphatic carbocycles. The molecule has 0 fully saturated rings. The van der Waals surface area contributed by atoms with Crippen LogP contribution in [-0.2, 0) is 16.0 Å². The molecule has 3 rings (SSSR count). The molecule has 154 valence electrons. The normalized spacial score (nSPS) is 10.8. The summed E-state index contributed by atoms with van der Waals surface area (Å²) in [6.45, 7) is 0.327. The van der Waals surface area contributed by atoms with Gasteiger partial charge in [0.1, 0.15) is 5.75 Å². The number of benzene rings is 3. The highest BCUT2D eigenvalue weighted by molar-refractivity contribution is 5.87. The van der Waals surface area contributed by atoms with Gasteiger partial charge in [-0.1, -0.05) is 36.4 Å². The molecule has 0 aliphatic heterocycles. The van der Waals surface area contributed by atoms with E-state index in [2.05, 4.69) is 0 Å². The van der Waals surface area contributed by atoms with Crippen molar-refractivity contribution in [1.82, 2.24) is 0 Å². The highest BCUT2D eigenvalue weighted by atomic mass is 16.5. The Morgan fingerprint density at radius 2 is 1.60 bits per heavy atom. The number of hydrogen-bond acceptors (Lipinski definition) is 5. The monoisotopic (exact) mass is 402 g/mol. The maximum atomic E-state index is 11.9. The van der Waals surface area contributed by atoms with E-state index in [0.717, 1.165) is 28.0 Å². The van der Waals surface area contributed by atoms with Gasteiger partial charge in [0.05, 0.1) is 13.7 Å². The summed E-state index contributed by atoms with van der Waals surface area (Å²) in [5.41, 5.74) is 17.2. The van der Waals surface area contributed by atoms with Crippen LogP contribution in [0.25, 0.3) is 17.2 Å². The average Bonchev–Trinajstić information content (AvgIpc) is 2.78. The Hall–Kier alpha value is -3.73. The Bertz CT molecular complexity index is 1010. The third kappa shape index (κ3) is 5.88. The third-order valence-electron chi connectivity index (χ3n) is 4.75. The summed E-state index contributed by atoms with van der Waals surface area (Å²) < 4.78 is 10.4. The van der Waals surface area contributed by atoms with Crippen molar-refractivity contribution in [2.24, 2.45) is 0 Å². The lowest BCUT2D eigenvalue weighted by molar-refractivity contribution is -0.137. The molecule has 5 heteroatoms. The van der Waals surface area contributed by atoms with Gasteiger partial charge in [-0.2, -0.15) is 0 Å². The lowest BCUT2D eigenvalue weighted by Gasteiger charge is -2.07. The van der Waals surface area contributed by atoms with E-state index in [9.17, 15) is 4.79 Å². The van der Waals surface area contributed by atoms with Crippen LogP contribution < -0.4 is 16.2 Å². The minimum Gasteiger partial charge on any atom is -0.497 e.